The summed E-state index contributed by atoms with van der Waals surface area (Å²) in [6.07, 6.45) is 9.65. The fourth-order valence-corrected chi connectivity index (χ4v) is 8.20. The summed E-state index contributed by atoms with van der Waals surface area (Å²) in [4.78, 5) is 9.97. The Kier molecular flexibility index (Phi) is 13.8. The molecule has 0 radical (unpaired) electrons. The van der Waals surface area contributed by atoms with Gasteiger partial charge in [0.1, 0.15) is 18.9 Å². The maximum absolute atomic E-state index is 7.02. The molecule has 5 aromatic rings. The van der Waals surface area contributed by atoms with Crippen LogP contribution in [0.25, 0.3) is 33.5 Å². The molecule has 0 N–H and O–H groups in total. The second-order valence-corrected chi connectivity index (χ2v) is 16.9. The summed E-state index contributed by atoms with van der Waals surface area (Å²) in [7, 11) is 0. The first kappa shape index (κ1) is 40.4. The smallest absolute Gasteiger partial charge is 0.301 e. The third-order valence-electron chi connectivity index (χ3n) is 11.3. The van der Waals surface area contributed by atoms with Crippen molar-refractivity contribution in [2.75, 3.05) is 19.8 Å². The second-order valence-electron chi connectivity index (χ2n) is 16.5. The number of fused-ring (bicyclic) bond motifs is 2. The number of nitrogens with zero attached hydrogens (tertiary/aromatic N) is 3. The van der Waals surface area contributed by atoms with Crippen LogP contribution in [-0.2, 0) is 25.7 Å². The molecule has 56 heavy (non-hydrogen) atoms. The van der Waals surface area contributed by atoms with Crippen LogP contribution in [0.2, 0.25) is 5.02 Å². The lowest BCUT2D eigenvalue weighted by Gasteiger charge is -2.41. The molecule has 5 atom stereocenters. The average Bonchev–Trinajstić information content (AvgIpc) is 3.54. The van der Waals surface area contributed by atoms with E-state index in [1.165, 1.54) is 44.9 Å². The highest BCUT2D eigenvalue weighted by molar-refractivity contribution is 6.33. The highest BCUT2D eigenvalue weighted by atomic mass is 35.5. The molecule has 2 unspecified atom stereocenters. The van der Waals surface area contributed by atoms with Crippen molar-refractivity contribution in [3.63, 3.8) is 0 Å². The largest absolute Gasteiger partial charge is 0.459 e. The molecule has 0 amide bonds. The Hall–Kier alpha value is -3.79. The number of halogens is 1. The fourth-order valence-electron chi connectivity index (χ4n) is 7.95. The molecule has 2 aliphatic heterocycles. The van der Waals surface area contributed by atoms with E-state index < -0.39 is 6.29 Å². The van der Waals surface area contributed by atoms with Gasteiger partial charge in [0.25, 0.3) is 0 Å². The van der Waals surface area contributed by atoms with Gasteiger partial charge in [-0.1, -0.05) is 163 Å². The second kappa shape index (κ2) is 19.1. The quantitative estimate of drug-likeness (QED) is 0.0870. The summed E-state index contributed by atoms with van der Waals surface area (Å²) in [6, 6.07) is 31.0. The van der Waals surface area contributed by atoms with Crippen LogP contribution in [0.15, 0.2) is 91.0 Å². The van der Waals surface area contributed by atoms with E-state index in [9.17, 15) is 0 Å². The van der Waals surface area contributed by atoms with E-state index in [0.29, 0.717) is 54.5 Å². The van der Waals surface area contributed by atoms with Crippen molar-refractivity contribution in [2.24, 2.45) is 11.3 Å². The molecule has 0 saturated carbocycles. The van der Waals surface area contributed by atoms with E-state index >= 15 is 0 Å². The van der Waals surface area contributed by atoms with E-state index in [2.05, 4.69) is 64.1 Å². The Bertz CT molecular complexity index is 1960. The molecule has 298 valence electrons. The van der Waals surface area contributed by atoms with E-state index in [4.69, 9.17) is 45.3 Å². The van der Waals surface area contributed by atoms with E-state index in [1.807, 2.05) is 59.2 Å². The van der Waals surface area contributed by atoms with Crippen molar-refractivity contribution in [1.82, 2.24) is 14.5 Å². The third-order valence-corrected chi connectivity index (χ3v) is 11.6. The molecule has 7 rings (SSSR count). The van der Waals surface area contributed by atoms with Gasteiger partial charge in [-0.3, -0.25) is 4.57 Å². The number of unbranched alkanes of at least 4 members (excludes halogenated alkanes) is 5. The van der Waals surface area contributed by atoms with Crippen LogP contribution in [-0.4, -0.2) is 52.7 Å². The van der Waals surface area contributed by atoms with Crippen molar-refractivity contribution in [2.45, 2.75) is 117 Å². The Morgan fingerprint density at radius 2 is 1.48 bits per heavy atom. The molecule has 2 aromatic heterocycles. The summed E-state index contributed by atoms with van der Waals surface area (Å²) in [5.41, 5.74) is 6.38. The number of rotatable bonds is 17. The van der Waals surface area contributed by atoms with Gasteiger partial charge in [-0.05, 0) is 41.4 Å². The SMILES string of the molecule is CCCCCCCCC(CCOCn1c(O[C@H]2CO[C@@H]3COC(c4ccccc4)O[C@H]3C2)nc2nc(-c3ccc(-c4ccccc4)cc3)c(Cl)cc21)C(C)(C)C. The molecule has 0 bridgehead atoms. The molecule has 2 fully saturated rings. The van der Waals surface area contributed by atoms with Crippen LogP contribution >= 0.6 is 11.6 Å². The zero-order chi connectivity index (χ0) is 38.9. The number of hydrogen-bond acceptors (Lipinski definition) is 7. The van der Waals surface area contributed by atoms with Gasteiger partial charge in [0.2, 0.25) is 0 Å². The average molecular weight is 780 g/mol. The van der Waals surface area contributed by atoms with Gasteiger partial charge in [0, 0.05) is 24.2 Å². The number of aromatic nitrogens is 3. The summed E-state index contributed by atoms with van der Waals surface area (Å²) in [5.74, 6) is 0.572. The lowest BCUT2D eigenvalue weighted by atomic mass is 9.76. The molecule has 4 heterocycles. The Balaban J connectivity index is 1.08. The van der Waals surface area contributed by atoms with Crippen LogP contribution < -0.4 is 4.74 Å². The van der Waals surface area contributed by atoms with Crippen LogP contribution in [0.5, 0.6) is 6.01 Å². The highest BCUT2D eigenvalue weighted by Crippen LogP contribution is 2.37. The van der Waals surface area contributed by atoms with Crippen LogP contribution in [0.3, 0.4) is 0 Å². The molecule has 8 nitrogen and oxygen atoms in total. The summed E-state index contributed by atoms with van der Waals surface area (Å²) < 4.78 is 33.8. The van der Waals surface area contributed by atoms with Gasteiger partial charge in [0.05, 0.1) is 35.6 Å². The Labute approximate surface area is 337 Å². The normalized spacial score (nSPS) is 20.5. The topological polar surface area (TPSA) is 76.9 Å². The Morgan fingerprint density at radius 1 is 0.786 bits per heavy atom. The number of benzene rings is 3. The van der Waals surface area contributed by atoms with Gasteiger partial charge in [-0.2, -0.15) is 4.98 Å². The summed E-state index contributed by atoms with van der Waals surface area (Å²) in [6.45, 7) is 11.1. The molecule has 2 aliphatic rings. The summed E-state index contributed by atoms with van der Waals surface area (Å²) >= 11 is 7.02. The lowest BCUT2D eigenvalue weighted by Crippen LogP contribution is -2.50. The summed E-state index contributed by atoms with van der Waals surface area (Å²) in [5, 5.41) is 0.538. The first-order chi connectivity index (χ1) is 27.3. The lowest BCUT2D eigenvalue weighted by molar-refractivity contribution is -0.286. The molecule has 2 saturated heterocycles. The predicted octanol–water partition coefficient (Wildman–Crippen LogP) is 11.8. The Morgan fingerprint density at radius 3 is 2.23 bits per heavy atom. The highest BCUT2D eigenvalue weighted by Gasteiger charge is 2.40. The number of ether oxygens (including phenoxy) is 5. The van der Waals surface area contributed by atoms with Crippen LogP contribution in [0, 0.1) is 11.3 Å². The minimum absolute atomic E-state index is 0.152. The van der Waals surface area contributed by atoms with Gasteiger partial charge in [-0.15, -0.1) is 0 Å². The number of imidazole rings is 1. The van der Waals surface area contributed by atoms with Crippen LogP contribution in [0.4, 0.5) is 0 Å². The third kappa shape index (κ3) is 10.2. The first-order valence-electron chi connectivity index (χ1n) is 20.7. The molecular weight excluding hydrogens is 722 g/mol. The van der Waals surface area contributed by atoms with Crippen molar-refractivity contribution in [1.29, 1.82) is 0 Å². The maximum Gasteiger partial charge on any atom is 0.301 e. The molecule has 0 aliphatic carbocycles. The number of hydrogen-bond donors (Lipinski definition) is 0. The molecule has 0 spiro atoms. The molecule has 3 aromatic carbocycles. The van der Waals surface area contributed by atoms with Crippen molar-refractivity contribution >= 4 is 22.8 Å². The zero-order valence-electron chi connectivity index (χ0n) is 33.5. The first-order valence-corrected chi connectivity index (χ1v) is 21.0. The van der Waals surface area contributed by atoms with Gasteiger partial charge >= 0.3 is 6.01 Å². The van der Waals surface area contributed by atoms with E-state index in [1.54, 1.807) is 0 Å². The molecule has 9 heteroatoms. The van der Waals surface area contributed by atoms with Crippen LogP contribution in [0.1, 0.15) is 97.3 Å². The van der Waals surface area contributed by atoms with Gasteiger partial charge < -0.3 is 23.7 Å². The zero-order valence-corrected chi connectivity index (χ0v) is 34.3. The monoisotopic (exact) mass is 779 g/mol. The van der Waals surface area contributed by atoms with Crippen molar-refractivity contribution in [3.05, 3.63) is 102 Å². The molecular formula is C47H58ClN3O5. The predicted molar refractivity (Wildman–Crippen MR) is 224 cm³/mol. The minimum atomic E-state index is -0.442. The van der Waals surface area contributed by atoms with Crippen molar-refractivity contribution in [3.8, 4) is 28.4 Å². The fraction of sp³-hybridized carbons (Fsp3) is 0.489. The minimum Gasteiger partial charge on any atom is -0.459 e. The van der Waals surface area contributed by atoms with E-state index in [-0.39, 0.29) is 30.5 Å². The van der Waals surface area contributed by atoms with Gasteiger partial charge in [0.15, 0.2) is 11.9 Å². The maximum atomic E-state index is 7.02. The standard InChI is InChI=1S/C47H58ClN3O5/c1-5-6-7-8-9-16-21-37(47(2,3)4)26-27-52-32-51-40-29-39(48)43(35-24-22-34(23-25-35)33-17-12-10-13-18-33)49-44(40)50-46(51)55-38-28-41-42(53-30-38)31-54-45(56-41)36-19-14-11-15-20-36/h10-15,17-20,22-25,29,37-38,41-42,45H,5-9,16,21,26-28,30-32H2,1-4H3/t37?,38-,41+,42-,45?/m1/s1. The van der Waals surface area contributed by atoms with Gasteiger partial charge in [-0.25, -0.2) is 4.98 Å². The number of pyridine rings is 1. The van der Waals surface area contributed by atoms with Crippen molar-refractivity contribution < 1.29 is 23.7 Å². The van der Waals surface area contributed by atoms with E-state index in [0.717, 1.165) is 34.2 Å².